The Labute approximate surface area is 98.9 Å². The summed E-state index contributed by atoms with van der Waals surface area (Å²) < 4.78 is 0. The number of aliphatic hydroxyl groups excluding tert-OH is 1. The van der Waals surface area contributed by atoms with Crippen LogP contribution in [0.3, 0.4) is 0 Å². The van der Waals surface area contributed by atoms with Gasteiger partial charge in [0.1, 0.15) is 5.75 Å². The lowest BCUT2D eigenvalue weighted by atomic mass is 10.1. The first-order chi connectivity index (χ1) is 7.66. The van der Waals surface area contributed by atoms with E-state index in [2.05, 4.69) is 13.8 Å². The van der Waals surface area contributed by atoms with E-state index >= 15 is 0 Å². The maximum absolute atomic E-state index is 8.63. The molecule has 0 atom stereocenters. The molecule has 1 rings (SSSR count). The number of phenols is 1. The van der Waals surface area contributed by atoms with E-state index in [0.717, 1.165) is 12.3 Å². The molecule has 2 heteroatoms. The zero-order valence-corrected chi connectivity index (χ0v) is 10.4. The molecule has 0 unspecified atom stereocenters. The van der Waals surface area contributed by atoms with Crippen molar-refractivity contribution in [1.82, 2.24) is 0 Å². The van der Waals surface area contributed by atoms with Gasteiger partial charge in [-0.2, -0.15) is 0 Å². The van der Waals surface area contributed by atoms with Crippen LogP contribution in [-0.4, -0.2) is 16.8 Å². The van der Waals surface area contributed by atoms with Gasteiger partial charge in [-0.15, -0.1) is 0 Å². The molecule has 0 aliphatic heterocycles. The van der Waals surface area contributed by atoms with Gasteiger partial charge in [0.25, 0.3) is 0 Å². The Bertz CT molecular complexity index is 232. The molecule has 0 bridgehead atoms. The lowest BCUT2D eigenvalue weighted by Crippen LogP contribution is -1.88. The van der Waals surface area contributed by atoms with Gasteiger partial charge >= 0.3 is 0 Å². The number of phenolic OH excluding ortho intramolecular Hbond substituents is 1. The fraction of sp³-hybridized carbons (Fsp3) is 0.571. The van der Waals surface area contributed by atoms with Gasteiger partial charge in [0.15, 0.2) is 0 Å². The number of para-hydroxylation sites is 1. The Kier molecular flexibility index (Phi) is 9.83. The van der Waals surface area contributed by atoms with Crippen LogP contribution < -0.4 is 0 Å². The lowest BCUT2D eigenvalue weighted by molar-refractivity contribution is 0.281. The molecule has 0 aliphatic rings. The molecule has 16 heavy (non-hydrogen) atoms. The first-order valence-electron chi connectivity index (χ1n) is 6.01. The number of hydrogen-bond acceptors (Lipinski definition) is 2. The molecule has 0 saturated carbocycles. The van der Waals surface area contributed by atoms with E-state index in [0.29, 0.717) is 12.4 Å². The van der Waals surface area contributed by atoms with E-state index in [1.165, 1.54) is 19.3 Å². The maximum atomic E-state index is 8.63. The SMILES string of the molecule is CC(C)CCCCCO.Oc1ccccc1. The molecular formula is C14H24O2. The highest BCUT2D eigenvalue weighted by molar-refractivity contribution is 5.18. The Morgan fingerprint density at radius 3 is 2.00 bits per heavy atom. The van der Waals surface area contributed by atoms with Crippen LogP contribution in [0.15, 0.2) is 30.3 Å². The zero-order valence-electron chi connectivity index (χ0n) is 10.4. The largest absolute Gasteiger partial charge is 0.508 e. The highest BCUT2D eigenvalue weighted by Crippen LogP contribution is 2.07. The molecule has 0 radical (unpaired) electrons. The Hall–Kier alpha value is -1.02. The summed E-state index contributed by atoms with van der Waals surface area (Å²) in [7, 11) is 0. The van der Waals surface area contributed by atoms with Crippen LogP contribution in [0.25, 0.3) is 0 Å². The summed E-state index contributed by atoms with van der Waals surface area (Å²) >= 11 is 0. The van der Waals surface area contributed by atoms with Gasteiger partial charge in [-0.3, -0.25) is 0 Å². The number of aliphatic hydroxyl groups is 1. The highest BCUT2D eigenvalue weighted by atomic mass is 16.3. The van der Waals surface area contributed by atoms with Crippen molar-refractivity contribution in [2.75, 3.05) is 6.61 Å². The lowest BCUT2D eigenvalue weighted by Gasteiger charge is -2.01. The third kappa shape index (κ3) is 11.1. The summed E-state index contributed by atoms with van der Waals surface area (Å²) in [5, 5.41) is 17.1. The molecule has 1 aromatic carbocycles. The van der Waals surface area contributed by atoms with Crippen LogP contribution >= 0.6 is 0 Å². The van der Waals surface area contributed by atoms with Crippen molar-refractivity contribution in [3.63, 3.8) is 0 Å². The van der Waals surface area contributed by atoms with Crippen LogP contribution in [0.5, 0.6) is 5.75 Å². The van der Waals surface area contributed by atoms with Crippen molar-refractivity contribution in [2.45, 2.75) is 39.5 Å². The predicted molar refractivity (Wildman–Crippen MR) is 68.5 cm³/mol. The van der Waals surface area contributed by atoms with E-state index in [1.54, 1.807) is 24.3 Å². The van der Waals surface area contributed by atoms with E-state index < -0.39 is 0 Å². The quantitative estimate of drug-likeness (QED) is 0.750. The topological polar surface area (TPSA) is 40.5 Å². The molecule has 1 aromatic rings. The molecular weight excluding hydrogens is 200 g/mol. The molecule has 92 valence electrons. The van der Waals surface area contributed by atoms with Gasteiger partial charge in [-0.25, -0.2) is 0 Å². The van der Waals surface area contributed by atoms with Crippen LogP contribution in [0, 0.1) is 5.92 Å². The molecule has 0 spiro atoms. The summed E-state index contributed by atoms with van der Waals surface area (Å²) in [6.45, 7) is 4.83. The second kappa shape index (κ2) is 10.5. The van der Waals surface area contributed by atoms with Crippen molar-refractivity contribution < 1.29 is 10.2 Å². The van der Waals surface area contributed by atoms with Crippen molar-refractivity contribution in [3.8, 4) is 5.75 Å². The fourth-order valence-electron chi connectivity index (χ4n) is 1.27. The Balaban J connectivity index is 0.000000288. The molecule has 0 fully saturated rings. The minimum absolute atomic E-state index is 0.322. The average molecular weight is 224 g/mol. The normalized spacial score (nSPS) is 9.75. The molecule has 0 amide bonds. The van der Waals surface area contributed by atoms with Gasteiger partial charge in [0.05, 0.1) is 0 Å². The molecule has 0 heterocycles. The molecule has 0 aliphatic carbocycles. The van der Waals surface area contributed by atoms with Crippen molar-refractivity contribution in [3.05, 3.63) is 30.3 Å². The van der Waals surface area contributed by atoms with Crippen LogP contribution in [-0.2, 0) is 0 Å². The third-order valence-corrected chi connectivity index (χ3v) is 2.20. The monoisotopic (exact) mass is 224 g/mol. The van der Waals surface area contributed by atoms with E-state index in [9.17, 15) is 0 Å². The number of unbranched alkanes of at least 4 members (excludes halogenated alkanes) is 2. The first kappa shape index (κ1) is 15.0. The van der Waals surface area contributed by atoms with Gasteiger partial charge in [0.2, 0.25) is 0 Å². The van der Waals surface area contributed by atoms with Crippen molar-refractivity contribution in [2.24, 2.45) is 5.92 Å². The summed E-state index contributed by atoms with van der Waals surface area (Å²) in [6, 6.07) is 8.71. The molecule has 0 aromatic heterocycles. The number of aromatic hydroxyl groups is 1. The zero-order chi connectivity index (χ0) is 12.2. The number of benzene rings is 1. The summed E-state index contributed by atoms with van der Waals surface area (Å²) in [5.41, 5.74) is 0. The Morgan fingerprint density at radius 1 is 1.00 bits per heavy atom. The summed E-state index contributed by atoms with van der Waals surface area (Å²) in [5.74, 6) is 1.14. The predicted octanol–water partition coefficient (Wildman–Crippen LogP) is 3.59. The molecule has 2 N–H and O–H groups in total. The standard InChI is InChI=1S/C8H18O.C6H6O/c1-8(2)6-4-3-5-7-9;7-6-4-2-1-3-5-6/h8-9H,3-7H2,1-2H3;1-5,7H. The van der Waals surface area contributed by atoms with Crippen LogP contribution in [0.2, 0.25) is 0 Å². The molecule has 2 nitrogen and oxygen atoms in total. The number of hydrogen-bond donors (Lipinski definition) is 2. The Morgan fingerprint density at radius 2 is 1.62 bits per heavy atom. The van der Waals surface area contributed by atoms with Crippen molar-refractivity contribution >= 4 is 0 Å². The van der Waals surface area contributed by atoms with E-state index in [1.807, 2.05) is 6.07 Å². The second-order valence-corrected chi connectivity index (χ2v) is 4.30. The van der Waals surface area contributed by atoms with Crippen LogP contribution in [0.1, 0.15) is 39.5 Å². The van der Waals surface area contributed by atoms with Gasteiger partial charge in [0, 0.05) is 6.61 Å². The van der Waals surface area contributed by atoms with Crippen LogP contribution in [0.4, 0.5) is 0 Å². The third-order valence-electron chi connectivity index (χ3n) is 2.20. The second-order valence-electron chi connectivity index (χ2n) is 4.30. The van der Waals surface area contributed by atoms with Gasteiger partial charge in [-0.05, 0) is 24.5 Å². The van der Waals surface area contributed by atoms with Gasteiger partial charge in [-0.1, -0.05) is 51.3 Å². The van der Waals surface area contributed by atoms with E-state index in [-0.39, 0.29) is 0 Å². The summed E-state index contributed by atoms with van der Waals surface area (Å²) in [6.07, 6.45) is 4.75. The maximum Gasteiger partial charge on any atom is 0.115 e. The van der Waals surface area contributed by atoms with Gasteiger partial charge < -0.3 is 10.2 Å². The van der Waals surface area contributed by atoms with Crippen molar-refractivity contribution in [1.29, 1.82) is 0 Å². The average Bonchev–Trinajstić information content (AvgIpc) is 2.26. The fourth-order valence-corrected chi connectivity index (χ4v) is 1.27. The molecule has 0 saturated heterocycles. The first-order valence-corrected chi connectivity index (χ1v) is 6.01. The van der Waals surface area contributed by atoms with E-state index in [4.69, 9.17) is 10.2 Å². The minimum atomic E-state index is 0.322. The highest BCUT2D eigenvalue weighted by Gasteiger charge is 1.92. The minimum Gasteiger partial charge on any atom is -0.508 e. The smallest absolute Gasteiger partial charge is 0.115 e. The summed E-state index contributed by atoms with van der Waals surface area (Å²) in [4.78, 5) is 0. The number of rotatable bonds is 5.